The van der Waals surface area contributed by atoms with Crippen molar-refractivity contribution >= 4 is 28.6 Å². The van der Waals surface area contributed by atoms with Gasteiger partial charge in [0.05, 0.1) is 24.5 Å². The molecule has 214 valence electrons. The molecular formula is C31H31N7O4. The van der Waals surface area contributed by atoms with Crippen LogP contribution in [0.3, 0.4) is 0 Å². The molecule has 0 radical (unpaired) electrons. The fourth-order valence-corrected chi connectivity index (χ4v) is 6.35. The lowest BCUT2D eigenvalue weighted by atomic mass is 10.0. The van der Waals surface area contributed by atoms with E-state index in [1.807, 2.05) is 37.3 Å². The van der Waals surface area contributed by atoms with Gasteiger partial charge in [0.15, 0.2) is 5.69 Å². The maximum absolute atomic E-state index is 13.6. The normalized spacial score (nSPS) is 22.5. The molecule has 4 atom stereocenters. The predicted molar refractivity (Wildman–Crippen MR) is 153 cm³/mol. The Morgan fingerprint density at radius 1 is 1.07 bits per heavy atom. The Hall–Kier alpha value is -4.80. The number of ether oxygens (including phenoxy) is 1. The van der Waals surface area contributed by atoms with Crippen molar-refractivity contribution in [3.05, 3.63) is 71.7 Å². The molecule has 11 nitrogen and oxygen atoms in total. The van der Waals surface area contributed by atoms with Crippen molar-refractivity contribution in [3.63, 3.8) is 0 Å². The molecular weight excluding hydrogens is 534 g/mol. The van der Waals surface area contributed by atoms with Gasteiger partial charge in [0, 0.05) is 35.9 Å². The monoisotopic (exact) mass is 565 g/mol. The Balaban J connectivity index is 1.07. The summed E-state index contributed by atoms with van der Waals surface area (Å²) in [6, 6.07) is 13.1. The van der Waals surface area contributed by atoms with Gasteiger partial charge in [-0.15, -0.1) is 0 Å². The summed E-state index contributed by atoms with van der Waals surface area (Å²) in [6.07, 6.45) is 5.62. The minimum atomic E-state index is -0.682. The largest absolute Gasteiger partial charge is 0.493 e. The molecule has 1 saturated heterocycles. The van der Waals surface area contributed by atoms with Gasteiger partial charge in [-0.25, -0.2) is 0 Å². The molecule has 1 saturated carbocycles. The maximum atomic E-state index is 13.6. The number of aromatic nitrogens is 4. The second-order valence-electron chi connectivity index (χ2n) is 11.6. The van der Waals surface area contributed by atoms with Gasteiger partial charge in [-0.1, -0.05) is 25.1 Å². The Kier molecular flexibility index (Phi) is 6.37. The molecule has 0 spiro atoms. The van der Waals surface area contributed by atoms with Gasteiger partial charge in [0.2, 0.25) is 11.8 Å². The summed E-state index contributed by atoms with van der Waals surface area (Å²) < 4.78 is 7.12. The van der Waals surface area contributed by atoms with Crippen LogP contribution in [0.1, 0.15) is 47.3 Å². The molecule has 3 aliphatic rings. The predicted octanol–water partition coefficient (Wildman–Crippen LogP) is 2.44. The highest BCUT2D eigenvalue weighted by atomic mass is 16.5. The van der Waals surface area contributed by atoms with E-state index >= 15 is 0 Å². The molecule has 11 heteroatoms. The molecule has 2 aromatic carbocycles. The molecule has 7 rings (SSSR count). The molecule has 3 amide bonds. The number of amides is 3. The number of hydrogen-bond donors (Lipinski definition) is 2. The number of benzene rings is 2. The van der Waals surface area contributed by atoms with Crippen LogP contribution in [0, 0.1) is 5.92 Å². The van der Waals surface area contributed by atoms with E-state index in [4.69, 9.17) is 10.5 Å². The molecule has 2 aliphatic heterocycles. The molecule has 4 heterocycles. The van der Waals surface area contributed by atoms with Crippen molar-refractivity contribution < 1.29 is 19.1 Å². The third-order valence-electron chi connectivity index (χ3n) is 8.58. The van der Waals surface area contributed by atoms with Gasteiger partial charge < -0.3 is 20.7 Å². The van der Waals surface area contributed by atoms with E-state index in [1.54, 1.807) is 17.3 Å². The van der Waals surface area contributed by atoms with Gasteiger partial charge in [0.25, 0.3) is 5.91 Å². The third kappa shape index (κ3) is 4.74. The van der Waals surface area contributed by atoms with Crippen LogP contribution in [0.2, 0.25) is 0 Å². The second-order valence-corrected chi connectivity index (χ2v) is 11.6. The summed E-state index contributed by atoms with van der Waals surface area (Å²) in [4.78, 5) is 41.0. The first-order valence-corrected chi connectivity index (χ1v) is 14.3. The van der Waals surface area contributed by atoms with E-state index in [-0.39, 0.29) is 41.9 Å². The Labute approximate surface area is 242 Å². The minimum Gasteiger partial charge on any atom is -0.493 e. The lowest BCUT2D eigenvalue weighted by Gasteiger charge is -2.24. The second kappa shape index (κ2) is 10.2. The zero-order chi connectivity index (χ0) is 29.0. The van der Waals surface area contributed by atoms with E-state index in [2.05, 4.69) is 32.7 Å². The fraction of sp³-hybridized carbons (Fsp3) is 0.355. The average molecular weight is 566 g/mol. The van der Waals surface area contributed by atoms with E-state index in [0.29, 0.717) is 23.9 Å². The Morgan fingerprint density at radius 3 is 2.76 bits per heavy atom. The van der Waals surface area contributed by atoms with Crippen LogP contribution in [-0.2, 0) is 22.6 Å². The molecule has 42 heavy (non-hydrogen) atoms. The van der Waals surface area contributed by atoms with Crippen molar-refractivity contribution in [1.82, 2.24) is 30.2 Å². The summed E-state index contributed by atoms with van der Waals surface area (Å²) in [7, 11) is 0. The number of fused-ring (bicyclic) bond motifs is 2. The highest BCUT2D eigenvalue weighted by Crippen LogP contribution is 2.43. The van der Waals surface area contributed by atoms with E-state index in [1.165, 1.54) is 15.8 Å². The highest BCUT2D eigenvalue weighted by Gasteiger charge is 2.44. The number of rotatable bonds is 7. The number of nitrogens with one attached hydrogen (secondary N) is 1. The van der Waals surface area contributed by atoms with Crippen LogP contribution in [0.4, 0.5) is 0 Å². The van der Waals surface area contributed by atoms with Gasteiger partial charge >= 0.3 is 0 Å². The molecule has 1 aliphatic carbocycles. The van der Waals surface area contributed by atoms with Gasteiger partial charge in [-0.05, 0) is 59.7 Å². The summed E-state index contributed by atoms with van der Waals surface area (Å²) in [5.74, 6) is 0.380. The van der Waals surface area contributed by atoms with Crippen LogP contribution < -0.4 is 15.8 Å². The molecule has 4 unspecified atom stereocenters. The maximum Gasteiger partial charge on any atom is 0.269 e. The van der Waals surface area contributed by atoms with Gasteiger partial charge in [-0.2, -0.15) is 15.3 Å². The van der Waals surface area contributed by atoms with Crippen LogP contribution in [-0.4, -0.2) is 67.8 Å². The number of nitrogens with zero attached hydrogens (tertiary/aromatic N) is 5. The molecule has 4 aromatic rings. The molecule has 2 fully saturated rings. The molecule has 2 aromatic heterocycles. The lowest BCUT2D eigenvalue weighted by molar-refractivity contribution is -0.139. The number of carbonyl (C=O) groups excluding carboxylic acids is 3. The quantitative estimate of drug-likeness (QED) is 0.350. The zero-order valence-electron chi connectivity index (χ0n) is 23.2. The average Bonchev–Trinajstić information content (AvgIpc) is 3.29. The first kappa shape index (κ1) is 26.1. The van der Waals surface area contributed by atoms with Crippen LogP contribution in [0.25, 0.3) is 22.0 Å². The van der Waals surface area contributed by atoms with Crippen molar-refractivity contribution in [2.24, 2.45) is 11.7 Å². The summed E-state index contributed by atoms with van der Waals surface area (Å²) in [5, 5.41) is 15.9. The lowest BCUT2D eigenvalue weighted by Crippen LogP contribution is -2.47. The summed E-state index contributed by atoms with van der Waals surface area (Å²) in [6.45, 7) is 3.14. The topological polar surface area (TPSA) is 145 Å². The zero-order valence-corrected chi connectivity index (χ0v) is 23.2. The number of likely N-dealkylation sites (tertiary alicyclic amines) is 1. The Bertz CT molecular complexity index is 1720. The van der Waals surface area contributed by atoms with Crippen molar-refractivity contribution in [3.8, 4) is 16.9 Å². The Morgan fingerprint density at radius 2 is 1.95 bits per heavy atom. The number of carbonyl (C=O) groups is 3. The SMILES string of the molecule is CC1CC(C(=O)NC2CC2c2ccc3c(c2)CCO3)N(C(=O)Cn2nc(C(N)=O)c3cc(-c4ccnnc4)ccc32)C1. The molecule has 0 bridgehead atoms. The van der Waals surface area contributed by atoms with Crippen LogP contribution >= 0.6 is 0 Å². The fourth-order valence-electron chi connectivity index (χ4n) is 6.35. The van der Waals surface area contributed by atoms with E-state index < -0.39 is 11.9 Å². The number of nitrogens with two attached hydrogens (primary N) is 1. The van der Waals surface area contributed by atoms with E-state index in [9.17, 15) is 14.4 Å². The van der Waals surface area contributed by atoms with Crippen molar-refractivity contribution in [1.29, 1.82) is 0 Å². The third-order valence-corrected chi connectivity index (χ3v) is 8.58. The smallest absolute Gasteiger partial charge is 0.269 e. The molecule has 3 N–H and O–H groups in total. The highest BCUT2D eigenvalue weighted by molar-refractivity contribution is 6.05. The number of hydrogen-bond acceptors (Lipinski definition) is 7. The minimum absolute atomic E-state index is 0.0590. The van der Waals surface area contributed by atoms with Crippen molar-refractivity contribution in [2.75, 3.05) is 13.2 Å². The first-order chi connectivity index (χ1) is 20.4. The summed E-state index contributed by atoms with van der Waals surface area (Å²) >= 11 is 0. The van der Waals surface area contributed by atoms with Gasteiger partial charge in [-0.3, -0.25) is 19.1 Å². The standard InChI is InChI=1S/C31H31N7O4/c1-17-10-26(31(41)35-24-13-22(24)19-3-5-27-20(11-19)7-9-42-27)37(15-17)28(39)16-38-25-4-2-18(21-6-8-33-34-14-21)12-23(25)29(36-38)30(32)40/h2-6,8,11-12,14,17,22,24,26H,7,9-10,13,15-16H2,1H3,(H2,32,40)(H,35,41). The summed E-state index contributed by atoms with van der Waals surface area (Å²) in [5.41, 5.74) is 10.4. The van der Waals surface area contributed by atoms with Crippen molar-refractivity contribution in [2.45, 2.75) is 50.7 Å². The van der Waals surface area contributed by atoms with E-state index in [0.717, 1.165) is 36.3 Å². The van der Waals surface area contributed by atoms with Crippen LogP contribution in [0.15, 0.2) is 54.9 Å². The van der Waals surface area contributed by atoms with Gasteiger partial charge in [0.1, 0.15) is 18.3 Å². The number of primary amides is 1. The van der Waals surface area contributed by atoms with Crippen LogP contribution in [0.5, 0.6) is 5.75 Å². The first-order valence-electron chi connectivity index (χ1n) is 14.3.